The zero-order chi connectivity index (χ0) is 10.5. The van der Waals surface area contributed by atoms with Crippen molar-refractivity contribution < 1.29 is 0 Å². The smallest absolute Gasteiger partial charge is 0.0116 e. The second-order valence-electron chi connectivity index (χ2n) is 5.40. The van der Waals surface area contributed by atoms with Crippen molar-refractivity contribution >= 4 is 0 Å². The molecule has 1 heterocycles. The lowest BCUT2D eigenvalue weighted by Crippen LogP contribution is -2.41. The SMILES string of the molecule is CN(CCC1CCCC1)C1CCNCC1. The maximum atomic E-state index is 3.44. The van der Waals surface area contributed by atoms with Crippen molar-refractivity contribution in [3.63, 3.8) is 0 Å². The summed E-state index contributed by atoms with van der Waals surface area (Å²) in [6.45, 7) is 3.77. The molecular formula is C13H26N2. The average molecular weight is 210 g/mol. The summed E-state index contributed by atoms with van der Waals surface area (Å²) in [5.74, 6) is 1.05. The van der Waals surface area contributed by atoms with Crippen molar-refractivity contribution in [3.05, 3.63) is 0 Å². The van der Waals surface area contributed by atoms with E-state index < -0.39 is 0 Å². The standard InChI is InChI=1S/C13H26N2/c1-15(13-6-9-14-10-7-13)11-8-12-4-2-3-5-12/h12-14H,2-11H2,1H3. The van der Waals surface area contributed by atoms with E-state index in [2.05, 4.69) is 17.3 Å². The Balaban J connectivity index is 1.64. The molecule has 2 aliphatic rings. The van der Waals surface area contributed by atoms with E-state index in [0.29, 0.717) is 0 Å². The van der Waals surface area contributed by atoms with Crippen LogP contribution in [0.2, 0.25) is 0 Å². The van der Waals surface area contributed by atoms with E-state index in [0.717, 1.165) is 12.0 Å². The maximum absolute atomic E-state index is 3.44. The van der Waals surface area contributed by atoms with Crippen molar-refractivity contribution in [3.8, 4) is 0 Å². The van der Waals surface area contributed by atoms with Crippen LogP contribution < -0.4 is 5.32 Å². The van der Waals surface area contributed by atoms with Crippen LogP contribution in [0.25, 0.3) is 0 Å². The quantitative estimate of drug-likeness (QED) is 0.765. The molecule has 0 unspecified atom stereocenters. The van der Waals surface area contributed by atoms with Gasteiger partial charge < -0.3 is 10.2 Å². The molecule has 2 nitrogen and oxygen atoms in total. The molecule has 1 saturated heterocycles. The number of hydrogen-bond donors (Lipinski definition) is 1. The van der Waals surface area contributed by atoms with Crippen molar-refractivity contribution in [1.29, 1.82) is 0 Å². The Hall–Kier alpha value is -0.0800. The highest BCUT2D eigenvalue weighted by molar-refractivity contribution is 4.77. The molecule has 2 heteroatoms. The molecule has 1 N–H and O–H groups in total. The predicted octanol–water partition coefficient (Wildman–Crippen LogP) is 2.25. The number of nitrogens with zero attached hydrogens (tertiary/aromatic N) is 1. The summed E-state index contributed by atoms with van der Waals surface area (Å²) in [7, 11) is 2.32. The molecule has 1 aliphatic carbocycles. The van der Waals surface area contributed by atoms with Gasteiger partial charge in [0.15, 0.2) is 0 Å². The van der Waals surface area contributed by atoms with E-state index in [4.69, 9.17) is 0 Å². The Kier molecular flexibility index (Phi) is 4.45. The van der Waals surface area contributed by atoms with Crippen LogP contribution in [0.4, 0.5) is 0 Å². The highest BCUT2D eigenvalue weighted by Gasteiger charge is 2.20. The summed E-state index contributed by atoms with van der Waals surface area (Å²) in [4.78, 5) is 2.61. The topological polar surface area (TPSA) is 15.3 Å². The Labute approximate surface area is 94.4 Å². The minimum atomic E-state index is 0.854. The van der Waals surface area contributed by atoms with Gasteiger partial charge in [-0.3, -0.25) is 0 Å². The molecule has 2 fully saturated rings. The molecule has 0 aromatic carbocycles. The van der Waals surface area contributed by atoms with E-state index in [-0.39, 0.29) is 0 Å². The van der Waals surface area contributed by atoms with Crippen LogP contribution in [0.5, 0.6) is 0 Å². The van der Waals surface area contributed by atoms with Crippen LogP contribution in [0.3, 0.4) is 0 Å². The average Bonchev–Trinajstić information content (AvgIpc) is 2.80. The molecule has 0 radical (unpaired) electrons. The van der Waals surface area contributed by atoms with E-state index in [1.165, 1.54) is 64.6 Å². The van der Waals surface area contributed by atoms with Gasteiger partial charge in [0.05, 0.1) is 0 Å². The minimum absolute atomic E-state index is 0.854. The molecule has 15 heavy (non-hydrogen) atoms. The van der Waals surface area contributed by atoms with Crippen LogP contribution in [0.15, 0.2) is 0 Å². The monoisotopic (exact) mass is 210 g/mol. The first-order valence-corrected chi connectivity index (χ1v) is 6.77. The predicted molar refractivity (Wildman–Crippen MR) is 65.1 cm³/mol. The van der Waals surface area contributed by atoms with Gasteiger partial charge in [0.25, 0.3) is 0 Å². The molecule has 1 aliphatic heterocycles. The third-order valence-electron chi connectivity index (χ3n) is 4.30. The van der Waals surface area contributed by atoms with Crippen molar-refractivity contribution in [2.24, 2.45) is 5.92 Å². The fraction of sp³-hybridized carbons (Fsp3) is 1.00. The van der Waals surface area contributed by atoms with Gasteiger partial charge in [0.2, 0.25) is 0 Å². The summed E-state index contributed by atoms with van der Waals surface area (Å²) in [6.07, 6.45) is 10.1. The third kappa shape index (κ3) is 3.46. The fourth-order valence-electron chi connectivity index (χ4n) is 3.12. The molecular weight excluding hydrogens is 184 g/mol. The highest BCUT2D eigenvalue weighted by Crippen LogP contribution is 2.27. The summed E-state index contributed by atoms with van der Waals surface area (Å²) in [6, 6.07) is 0.854. The first kappa shape index (κ1) is 11.4. The van der Waals surface area contributed by atoms with Gasteiger partial charge in [0, 0.05) is 6.04 Å². The van der Waals surface area contributed by atoms with Crippen LogP contribution in [-0.4, -0.2) is 37.6 Å². The Morgan fingerprint density at radius 2 is 1.73 bits per heavy atom. The van der Waals surface area contributed by atoms with E-state index in [9.17, 15) is 0 Å². The van der Waals surface area contributed by atoms with E-state index >= 15 is 0 Å². The second-order valence-corrected chi connectivity index (χ2v) is 5.40. The maximum Gasteiger partial charge on any atom is 0.0116 e. The zero-order valence-corrected chi connectivity index (χ0v) is 10.2. The number of nitrogens with one attached hydrogen (secondary N) is 1. The summed E-state index contributed by atoms with van der Waals surface area (Å²) >= 11 is 0. The lowest BCUT2D eigenvalue weighted by atomic mass is 10.0. The van der Waals surface area contributed by atoms with E-state index in [1.54, 1.807) is 0 Å². The van der Waals surface area contributed by atoms with Gasteiger partial charge in [-0.15, -0.1) is 0 Å². The van der Waals surface area contributed by atoms with Gasteiger partial charge in [-0.25, -0.2) is 0 Å². The third-order valence-corrected chi connectivity index (χ3v) is 4.30. The van der Waals surface area contributed by atoms with E-state index in [1.807, 2.05) is 0 Å². The van der Waals surface area contributed by atoms with Crippen molar-refractivity contribution in [1.82, 2.24) is 10.2 Å². The Morgan fingerprint density at radius 1 is 1.07 bits per heavy atom. The van der Waals surface area contributed by atoms with Gasteiger partial charge >= 0.3 is 0 Å². The second kappa shape index (κ2) is 5.86. The first-order valence-electron chi connectivity index (χ1n) is 6.77. The van der Waals surface area contributed by atoms with Gasteiger partial charge in [-0.1, -0.05) is 25.7 Å². The van der Waals surface area contributed by atoms with Crippen LogP contribution in [-0.2, 0) is 0 Å². The summed E-state index contributed by atoms with van der Waals surface area (Å²) < 4.78 is 0. The first-order chi connectivity index (χ1) is 7.36. The number of piperidine rings is 1. The molecule has 0 atom stereocenters. The summed E-state index contributed by atoms with van der Waals surface area (Å²) in [5, 5.41) is 3.44. The molecule has 0 amide bonds. The van der Waals surface area contributed by atoms with Gasteiger partial charge in [-0.2, -0.15) is 0 Å². The van der Waals surface area contributed by atoms with Gasteiger partial charge in [-0.05, 0) is 51.9 Å². The van der Waals surface area contributed by atoms with Crippen molar-refractivity contribution in [2.45, 2.75) is 51.0 Å². The Bertz CT molecular complexity index is 169. The van der Waals surface area contributed by atoms with Gasteiger partial charge in [0.1, 0.15) is 0 Å². The molecule has 0 bridgehead atoms. The molecule has 0 aromatic heterocycles. The molecule has 0 aromatic rings. The largest absolute Gasteiger partial charge is 0.317 e. The Morgan fingerprint density at radius 3 is 2.40 bits per heavy atom. The minimum Gasteiger partial charge on any atom is -0.317 e. The van der Waals surface area contributed by atoms with Crippen molar-refractivity contribution in [2.75, 3.05) is 26.7 Å². The van der Waals surface area contributed by atoms with Crippen LogP contribution >= 0.6 is 0 Å². The molecule has 1 saturated carbocycles. The number of hydrogen-bond acceptors (Lipinski definition) is 2. The lowest BCUT2D eigenvalue weighted by molar-refractivity contribution is 0.187. The lowest BCUT2D eigenvalue weighted by Gasteiger charge is -2.32. The molecule has 2 rings (SSSR count). The highest BCUT2D eigenvalue weighted by atomic mass is 15.1. The number of rotatable bonds is 4. The fourth-order valence-corrected chi connectivity index (χ4v) is 3.12. The summed E-state index contributed by atoms with van der Waals surface area (Å²) in [5.41, 5.74) is 0. The normalized spacial score (nSPS) is 25.2. The van der Waals surface area contributed by atoms with Crippen LogP contribution in [0, 0.1) is 5.92 Å². The zero-order valence-electron chi connectivity index (χ0n) is 10.2. The molecule has 0 spiro atoms. The van der Waals surface area contributed by atoms with Crippen LogP contribution in [0.1, 0.15) is 44.9 Å². The molecule has 88 valence electrons.